The fourth-order valence-corrected chi connectivity index (χ4v) is 4.68. The molecule has 3 rings (SSSR count). The van der Waals surface area contributed by atoms with E-state index in [1.54, 1.807) is 30.3 Å². The zero-order chi connectivity index (χ0) is 21.8. The Bertz CT molecular complexity index is 1240. The third kappa shape index (κ3) is 5.05. The van der Waals surface area contributed by atoms with Crippen LogP contribution in [0.3, 0.4) is 0 Å². The van der Waals surface area contributed by atoms with E-state index in [2.05, 4.69) is 4.72 Å². The molecule has 156 valence electrons. The molecule has 0 atom stereocenters. The lowest BCUT2D eigenvalue weighted by Crippen LogP contribution is -2.30. The van der Waals surface area contributed by atoms with E-state index in [1.807, 2.05) is 11.6 Å². The van der Waals surface area contributed by atoms with Crippen molar-refractivity contribution in [1.82, 2.24) is 4.72 Å². The molecule has 0 heterocycles. The Balaban J connectivity index is 1.74. The van der Waals surface area contributed by atoms with Gasteiger partial charge in [-0.05, 0) is 60.5 Å². The maximum Gasteiger partial charge on any atom is 0.264 e. The van der Waals surface area contributed by atoms with E-state index in [0.717, 1.165) is 12.0 Å². The minimum Gasteiger partial charge on any atom is -0.280 e. The van der Waals surface area contributed by atoms with Crippen molar-refractivity contribution in [1.29, 1.82) is 0 Å². The van der Waals surface area contributed by atoms with Gasteiger partial charge in [0, 0.05) is 11.3 Å². The molecular formula is C21H20N2O5S2. The summed E-state index contributed by atoms with van der Waals surface area (Å²) in [6, 6.07) is 19.5. The molecule has 30 heavy (non-hydrogen) atoms. The lowest BCUT2D eigenvalue weighted by atomic mass is 10.2. The fourth-order valence-electron chi connectivity index (χ4n) is 2.65. The lowest BCUT2D eigenvalue weighted by molar-refractivity contribution is 0.0981. The predicted octanol–water partition coefficient (Wildman–Crippen LogP) is 3.17. The lowest BCUT2D eigenvalue weighted by Gasteiger charge is -2.10. The Kier molecular flexibility index (Phi) is 6.23. The van der Waals surface area contributed by atoms with Gasteiger partial charge in [-0.3, -0.25) is 9.52 Å². The summed E-state index contributed by atoms with van der Waals surface area (Å²) in [5.41, 5.74) is 1.42. The summed E-state index contributed by atoms with van der Waals surface area (Å²) in [5, 5.41) is 0. The fraction of sp³-hybridized carbons (Fsp3) is 0.0952. The van der Waals surface area contributed by atoms with Crippen LogP contribution in [0.4, 0.5) is 5.69 Å². The molecule has 7 nitrogen and oxygen atoms in total. The number of nitrogens with one attached hydrogen (secondary N) is 2. The molecule has 0 saturated carbocycles. The van der Waals surface area contributed by atoms with E-state index >= 15 is 0 Å². The molecule has 0 radical (unpaired) electrons. The molecular weight excluding hydrogens is 424 g/mol. The number of hydrogen-bond acceptors (Lipinski definition) is 5. The summed E-state index contributed by atoms with van der Waals surface area (Å²) >= 11 is 0. The highest BCUT2D eigenvalue weighted by atomic mass is 32.2. The summed E-state index contributed by atoms with van der Waals surface area (Å²) in [6.45, 7) is 1.97. The van der Waals surface area contributed by atoms with Crippen LogP contribution < -0.4 is 9.44 Å². The molecule has 3 aromatic carbocycles. The number of aryl methyl sites for hydroxylation is 1. The first-order valence-corrected chi connectivity index (χ1v) is 12.0. The zero-order valence-corrected chi connectivity index (χ0v) is 17.7. The largest absolute Gasteiger partial charge is 0.280 e. The minimum absolute atomic E-state index is 0.103. The van der Waals surface area contributed by atoms with Gasteiger partial charge in [0.15, 0.2) is 0 Å². The maximum atomic E-state index is 12.5. The van der Waals surface area contributed by atoms with Gasteiger partial charge in [0.2, 0.25) is 0 Å². The van der Waals surface area contributed by atoms with Crippen LogP contribution in [0.25, 0.3) is 0 Å². The van der Waals surface area contributed by atoms with E-state index < -0.39 is 26.0 Å². The first-order valence-electron chi connectivity index (χ1n) is 9.05. The number of sulfonamides is 2. The average Bonchev–Trinajstić information content (AvgIpc) is 2.74. The first kappa shape index (κ1) is 21.5. The van der Waals surface area contributed by atoms with Gasteiger partial charge in [0.05, 0.1) is 9.79 Å². The average molecular weight is 445 g/mol. The number of benzene rings is 3. The standard InChI is InChI=1S/C21H20N2O5S2/c1-2-16-8-12-19(13-9-16)29(25,26)22-18-10-14-20(15-11-18)30(27,28)23-21(24)17-6-4-3-5-7-17/h3-15,22H,2H2,1H3,(H,23,24). The highest BCUT2D eigenvalue weighted by molar-refractivity contribution is 7.92. The molecule has 0 aromatic heterocycles. The minimum atomic E-state index is -4.10. The molecule has 1 amide bonds. The third-order valence-corrected chi connectivity index (χ3v) is 7.07. The van der Waals surface area contributed by atoms with Crippen LogP contribution in [0.1, 0.15) is 22.8 Å². The summed E-state index contributed by atoms with van der Waals surface area (Å²) in [5.74, 6) is -0.754. The van der Waals surface area contributed by atoms with Crippen molar-refractivity contribution in [3.63, 3.8) is 0 Å². The van der Waals surface area contributed by atoms with Crippen molar-refractivity contribution in [3.05, 3.63) is 90.0 Å². The number of carbonyl (C=O) groups is 1. The first-order chi connectivity index (χ1) is 14.2. The van der Waals surface area contributed by atoms with Crippen LogP contribution in [0.2, 0.25) is 0 Å². The number of rotatable bonds is 7. The number of anilines is 1. The second-order valence-corrected chi connectivity index (χ2v) is 9.79. The zero-order valence-electron chi connectivity index (χ0n) is 16.1. The van der Waals surface area contributed by atoms with Crippen molar-refractivity contribution >= 4 is 31.6 Å². The van der Waals surface area contributed by atoms with E-state index in [4.69, 9.17) is 0 Å². The molecule has 0 aliphatic heterocycles. The molecule has 0 aliphatic carbocycles. The molecule has 0 saturated heterocycles. The van der Waals surface area contributed by atoms with E-state index in [1.165, 1.54) is 48.5 Å². The van der Waals surface area contributed by atoms with Gasteiger partial charge >= 0.3 is 0 Å². The van der Waals surface area contributed by atoms with Crippen LogP contribution in [0, 0.1) is 0 Å². The third-order valence-electron chi connectivity index (χ3n) is 4.32. The molecule has 0 bridgehead atoms. The van der Waals surface area contributed by atoms with Gasteiger partial charge in [-0.2, -0.15) is 0 Å². The van der Waals surface area contributed by atoms with E-state index in [0.29, 0.717) is 0 Å². The molecule has 3 aromatic rings. The topological polar surface area (TPSA) is 109 Å². The predicted molar refractivity (Wildman–Crippen MR) is 114 cm³/mol. The van der Waals surface area contributed by atoms with Gasteiger partial charge in [-0.25, -0.2) is 21.6 Å². The monoisotopic (exact) mass is 444 g/mol. The van der Waals surface area contributed by atoms with Gasteiger partial charge in [-0.1, -0.05) is 37.3 Å². The number of amides is 1. The number of hydrogen-bond donors (Lipinski definition) is 2. The summed E-state index contributed by atoms with van der Waals surface area (Å²) in [6.07, 6.45) is 0.796. The highest BCUT2D eigenvalue weighted by Gasteiger charge is 2.19. The normalized spacial score (nSPS) is 11.6. The maximum absolute atomic E-state index is 12.5. The smallest absolute Gasteiger partial charge is 0.264 e. The summed E-state index contributed by atoms with van der Waals surface area (Å²) in [7, 11) is -7.92. The molecule has 9 heteroatoms. The van der Waals surface area contributed by atoms with Gasteiger partial charge in [0.25, 0.3) is 26.0 Å². The molecule has 2 N–H and O–H groups in total. The Morgan fingerprint density at radius 2 is 1.27 bits per heavy atom. The Morgan fingerprint density at radius 3 is 1.83 bits per heavy atom. The van der Waals surface area contributed by atoms with Crippen LogP contribution in [-0.4, -0.2) is 22.7 Å². The van der Waals surface area contributed by atoms with Crippen molar-refractivity contribution < 1.29 is 21.6 Å². The Morgan fingerprint density at radius 1 is 0.733 bits per heavy atom. The number of carbonyl (C=O) groups excluding carboxylic acids is 1. The second-order valence-electron chi connectivity index (χ2n) is 6.43. The van der Waals surface area contributed by atoms with Gasteiger partial charge in [-0.15, -0.1) is 0 Å². The van der Waals surface area contributed by atoms with Gasteiger partial charge < -0.3 is 0 Å². The van der Waals surface area contributed by atoms with Crippen LogP contribution in [0.5, 0.6) is 0 Å². The molecule has 0 aliphatic rings. The van der Waals surface area contributed by atoms with E-state index in [-0.39, 0.29) is 21.0 Å². The SMILES string of the molecule is CCc1ccc(S(=O)(=O)Nc2ccc(S(=O)(=O)NC(=O)c3ccccc3)cc2)cc1. The second kappa shape index (κ2) is 8.68. The van der Waals surface area contributed by atoms with Crippen molar-refractivity contribution in [3.8, 4) is 0 Å². The quantitative estimate of drug-likeness (QED) is 0.582. The van der Waals surface area contributed by atoms with Gasteiger partial charge in [0.1, 0.15) is 0 Å². The molecule has 0 fully saturated rings. The Labute approximate surface area is 175 Å². The molecule has 0 spiro atoms. The van der Waals surface area contributed by atoms with Crippen LogP contribution >= 0.6 is 0 Å². The van der Waals surface area contributed by atoms with Crippen LogP contribution in [0.15, 0.2) is 88.7 Å². The summed E-state index contributed by atoms with van der Waals surface area (Å²) < 4.78 is 54.2. The van der Waals surface area contributed by atoms with Crippen LogP contribution in [-0.2, 0) is 26.5 Å². The van der Waals surface area contributed by atoms with E-state index in [9.17, 15) is 21.6 Å². The summed E-state index contributed by atoms with van der Waals surface area (Å²) in [4.78, 5) is 12.0. The van der Waals surface area contributed by atoms with Crippen molar-refractivity contribution in [2.45, 2.75) is 23.1 Å². The highest BCUT2D eigenvalue weighted by Crippen LogP contribution is 2.19. The molecule has 0 unspecified atom stereocenters. The van der Waals surface area contributed by atoms with Crippen molar-refractivity contribution in [2.24, 2.45) is 0 Å². The van der Waals surface area contributed by atoms with Crippen molar-refractivity contribution in [2.75, 3.05) is 4.72 Å². The Hall–Kier alpha value is -3.17.